The van der Waals surface area contributed by atoms with Gasteiger partial charge >= 0.3 is 0 Å². The average molecular weight is 299 g/mol. The molecule has 6 heteroatoms. The molecule has 1 aromatic carbocycles. The number of carbonyl (C=O) groups excluding carboxylic acids is 1. The lowest BCUT2D eigenvalue weighted by Crippen LogP contribution is -2.02. The van der Waals surface area contributed by atoms with Crippen LogP contribution in [0.1, 0.15) is 21.6 Å². The van der Waals surface area contributed by atoms with Gasteiger partial charge in [-0.25, -0.2) is 4.68 Å². The summed E-state index contributed by atoms with van der Waals surface area (Å²) in [7, 11) is 1.54. The van der Waals surface area contributed by atoms with Crippen molar-refractivity contribution in [2.24, 2.45) is 0 Å². The first-order chi connectivity index (χ1) is 9.15. The molecule has 0 aliphatic carbocycles. The molecule has 100 valence electrons. The van der Waals surface area contributed by atoms with E-state index >= 15 is 0 Å². The molecule has 19 heavy (non-hydrogen) atoms. The number of hydrogen-bond acceptors (Lipinski definition) is 3. The number of rotatable bonds is 5. The Morgan fingerprint density at radius 3 is 2.84 bits per heavy atom. The lowest BCUT2D eigenvalue weighted by Gasteiger charge is -2.03. The minimum absolute atomic E-state index is 0.246. The Morgan fingerprint density at radius 1 is 1.42 bits per heavy atom. The summed E-state index contributed by atoms with van der Waals surface area (Å²) in [5.74, 6) is 0. The molecule has 4 nitrogen and oxygen atoms in total. The van der Waals surface area contributed by atoms with Gasteiger partial charge in [-0.3, -0.25) is 4.79 Å². The van der Waals surface area contributed by atoms with E-state index in [1.807, 2.05) is 18.2 Å². The maximum Gasteiger partial charge on any atom is 0.155 e. The topological polar surface area (TPSA) is 44.1 Å². The zero-order valence-electron chi connectivity index (χ0n) is 10.3. The van der Waals surface area contributed by atoms with Crippen LogP contribution in [0.3, 0.4) is 0 Å². The Morgan fingerprint density at radius 2 is 2.21 bits per heavy atom. The fourth-order valence-electron chi connectivity index (χ4n) is 1.77. The highest BCUT2D eigenvalue weighted by atomic mass is 35.5. The van der Waals surface area contributed by atoms with Gasteiger partial charge in [-0.1, -0.05) is 35.3 Å². The molecule has 0 amide bonds. The van der Waals surface area contributed by atoms with Crippen LogP contribution < -0.4 is 0 Å². The number of aldehydes is 1. The van der Waals surface area contributed by atoms with Crippen molar-refractivity contribution < 1.29 is 9.53 Å². The summed E-state index contributed by atoms with van der Waals surface area (Å²) in [6.45, 7) is 0.695. The Labute approximate surface area is 120 Å². The first-order valence-corrected chi connectivity index (χ1v) is 6.35. The smallest absolute Gasteiger partial charge is 0.155 e. The van der Waals surface area contributed by atoms with Gasteiger partial charge in [0.2, 0.25) is 0 Å². The fourth-order valence-corrected chi connectivity index (χ4v) is 2.24. The van der Waals surface area contributed by atoms with Gasteiger partial charge in [-0.2, -0.15) is 5.10 Å². The van der Waals surface area contributed by atoms with E-state index in [0.717, 1.165) is 5.56 Å². The third-order valence-electron chi connectivity index (χ3n) is 2.62. The van der Waals surface area contributed by atoms with Crippen LogP contribution in [0.15, 0.2) is 24.3 Å². The maximum atomic E-state index is 11.0. The van der Waals surface area contributed by atoms with Gasteiger partial charge in [0, 0.05) is 12.1 Å². The number of hydrogen-bond donors (Lipinski definition) is 0. The highest BCUT2D eigenvalue weighted by molar-refractivity contribution is 6.32. The van der Waals surface area contributed by atoms with Crippen LogP contribution in [0.4, 0.5) is 0 Å². The van der Waals surface area contributed by atoms with Crippen LogP contribution in [-0.2, 0) is 17.9 Å². The van der Waals surface area contributed by atoms with Crippen LogP contribution >= 0.6 is 23.2 Å². The van der Waals surface area contributed by atoms with Crippen molar-refractivity contribution in [3.8, 4) is 0 Å². The minimum Gasteiger partial charge on any atom is -0.378 e. The number of methoxy groups -OCH3 is 1. The van der Waals surface area contributed by atoms with E-state index in [9.17, 15) is 4.79 Å². The van der Waals surface area contributed by atoms with Gasteiger partial charge in [-0.05, 0) is 17.7 Å². The Kier molecular flexibility index (Phi) is 4.58. The SMILES string of the molecule is COCc1nn(Cc2cccc(Cl)c2)c(Cl)c1C=O. The first kappa shape index (κ1) is 14.1. The van der Waals surface area contributed by atoms with Gasteiger partial charge in [0.1, 0.15) is 10.8 Å². The van der Waals surface area contributed by atoms with Crippen molar-refractivity contribution in [2.45, 2.75) is 13.2 Å². The highest BCUT2D eigenvalue weighted by Gasteiger charge is 2.15. The third kappa shape index (κ3) is 3.15. The van der Waals surface area contributed by atoms with Crippen molar-refractivity contribution >= 4 is 29.5 Å². The van der Waals surface area contributed by atoms with Crippen molar-refractivity contribution in [1.82, 2.24) is 9.78 Å². The molecule has 0 saturated carbocycles. The monoisotopic (exact) mass is 298 g/mol. The minimum atomic E-state index is 0.246. The lowest BCUT2D eigenvalue weighted by atomic mass is 10.2. The fraction of sp³-hybridized carbons (Fsp3) is 0.231. The molecule has 1 heterocycles. The van der Waals surface area contributed by atoms with Crippen molar-refractivity contribution in [2.75, 3.05) is 7.11 Å². The van der Waals surface area contributed by atoms with E-state index in [4.69, 9.17) is 27.9 Å². The normalized spacial score (nSPS) is 10.7. The van der Waals surface area contributed by atoms with Gasteiger partial charge in [0.15, 0.2) is 6.29 Å². The zero-order chi connectivity index (χ0) is 13.8. The molecule has 0 fully saturated rings. The van der Waals surface area contributed by atoms with Crippen LogP contribution in [0.5, 0.6) is 0 Å². The molecule has 0 unspecified atom stereocenters. The maximum absolute atomic E-state index is 11.0. The standard InChI is InChI=1S/C13H12Cl2N2O2/c1-19-8-12-11(7-18)13(15)17(16-12)6-9-3-2-4-10(14)5-9/h2-5,7H,6,8H2,1H3. The summed E-state index contributed by atoms with van der Waals surface area (Å²) < 4.78 is 6.55. The van der Waals surface area contributed by atoms with Crippen molar-refractivity contribution in [3.63, 3.8) is 0 Å². The molecule has 0 aliphatic rings. The predicted molar refractivity (Wildman–Crippen MR) is 73.9 cm³/mol. The number of benzene rings is 1. The van der Waals surface area contributed by atoms with Crippen LogP contribution in [0.2, 0.25) is 10.2 Å². The number of aromatic nitrogens is 2. The molecular weight excluding hydrogens is 287 g/mol. The quantitative estimate of drug-likeness (QED) is 0.796. The Hall–Kier alpha value is -1.36. The molecule has 2 rings (SSSR count). The van der Waals surface area contributed by atoms with Crippen molar-refractivity contribution in [1.29, 1.82) is 0 Å². The molecule has 0 aliphatic heterocycles. The van der Waals surface area contributed by atoms with E-state index in [-0.39, 0.29) is 6.61 Å². The summed E-state index contributed by atoms with van der Waals surface area (Å²) in [6.07, 6.45) is 0.693. The third-order valence-corrected chi connectivity index (χ3v) is 3.26. The van der Waals surface area contributed by atoms with E-state index < -0.39 is 0 Å². The Bertz CT molecular complexity index is 596. The zero-order valence-corrected chi connectivity index (χ0v) is 11.8. The molecule has 0 bridgehead atoms. The number of halogens is 2. The number of ether oxygens (including phenoxy) is 1. The second-order valence-electron chi connectivity index (χ2n) is 3.99. The van der Waals surface area contributed by atoms with Gasteiger partial charge in [0.25, 0.3) is 0 Å². The van der Waals surface area contributed by atoms with E-state index in [0.29, 0.717) is 34.3 Å². The molecule has 2 aromatic rings. The van der Waals surface area contributed by atoms with Crippen molar-refractivity contribution in [3.05, 3.63) is 51.3 Å². The summed E-state index contributed by atoms with van der Waals surface area (Å²) in [6, 6.07) is 7.39. The molecule has 0 saturated heterocycles. The summed E-state index contributed by atoms with van der Waals surface area (Å²) in [4.78, 5) is 11.0. The molecule has 0 spiro atoms. The summed E-state index contributed by atoms with van der Waals surface area (Å²) >= 11 is 12.1. The predicted octanol–water partition coefficient (Wildman–Crippen LogP) is 3.20. The highest BCUT2D eigenvalue weighted by Crippen LogP contribution is 2.21. The van der Waals surface area contributed by atoms with Gasteiger partial charge in [0.05, 0.1) is 18.7 Å². The molecule has 0 atom stereocenters. The van der Waals surface area contributed by atoms with Gasteiger partial charge < -0.3 is 4.74 Å². The lowest BCUT2D eigenvalue weighted by molar-refractivity contribution is 0.111. The van der Waals surface area contributed by atoms with E-state index in [2.05, 4.69) is 5.10 Å². The molecule has 1 aromatic heterocycles. The number of carbonyl (C=O) groups is 1. The Balaban J connectivity index is 2.32. The second kappa shape index (κ2) is 6.19. The first-order valence-electron chi connectivity index (χ1n) is 5.59. The number of nitrogens with zero attached hydrogens (tertiary/aromatic N) is 2. The summed E-state index contributed by atoms with van der Waals surface area (Å²) in [5.41, 5.74) is 1.85. The average Bonchev–Trinajstić information content (AvgIpc) is 2.66. The van der Waals surface area contributed by atoms with Crippen LogP contribution in [-0.4, -0.2) is 23.2 Å². The van der Waals surface area contributed by atoms with E-state index in [1.54, 1.807) is 17.9 Å². The van der Waals surface area contributed by atoms with Crippen LogP contribution in [0.25, 0.3) is 0 Å². The molecule has 0 radical (unpaired) electrons. The molecular formula is C13H12Cl2N2O2. The summed E-state index contributed by atoms with van der Waals surface area (Å²) in [5, 5.41) is 5.23. The second-order valence-corrected chi connectivity index (χ2v) is 4.78. The van der Waals surface area contributed by atoms with E-state index in [1.165, 1.54) is 0 Å². The van der Waals surface area contributed by atoms with Crippen LogP contribution in [0, 0.1) is 0 Å². The van der Waals surface area contributed by atoms with Gasteiger partial charge in [-0.15, -0.1) is 0 Å². The largest absolute Gasteiger partial charge is 0.378 e. The molecule has 0 N–H and O–H groups in total.